The maximum Gasteiger partial charge on any atom is 0.239 e. The fourth-order valence-corrected chi connectivity index (χ4v) is 2.44. The number of benzene rings is 1. The van der Waals surface area contributed by atoms with Crippen LogP contribution in [0.3, 0.4) is 0 Å². The topological polar surface area (TPSA) is 93.5 Å². The lowest BCUT2D eigenvalue weighted by molar-refractivity contribution is -0.148. The third-order valence-electron chi connectivity index (χ3n) is 4.12. The first-order chi connectivity index (χ1) is 11.4. The van der Waals surface area contributed by atoms with Crippen molar-refractivity contribution in [1.82, 2.24) is 9.80 Å². The van der Waals surface area contributed by atoms with Crippen LogP contribution in [-0.2, 0) is 14.4 Å². The molecule has 0 spiro atoms. The minimum atomic E-state index is -1.22. The molecule has 3 amide bonds. The molecule has 2 rings (SSSR count). The summed E-state index contributed by atoms with van der Waals surface area (Å²) in [5.41, 5.74) is -0.195. The third kappa shape index (κ3) is 3.71. The summed E-state index contributed by atoms with van der Waals surface area (Å²) in [6.07, 6.45) is 0.768. The Hall–Kier alpha value is -2.88. The summed E-state index contributed by atoms with van der Waals surface area (Å²) in [5, 5.41) is 11.5. The van der Waals surface area contributed by atoms with Gasteiger partial charge in [-0.15, -0.1) is 0 Å². The first-order valence-electron chi connectivity index (χ1n) is 7.69. The van der Waals surface area contributed by atoms with Crippen LogP contribution in [-0.4, -0.2) is 54.2 Å². The molecule has 1 aliphatic heterocycles. The summed E-state index contributed by atoms with van der Waals surface area (Å²) in [7, 11) is 0. The average molecular weight is 328 g/mol. The van der Waals surface area contributed by atoms with Crippen LogP contribution >= 0.6 is 0 Å². The molecule has 1 aliphatic rings. The Bertz CT molecular complexity index is 668. The van der Waals surface area contributed by atoms with Crippen LogP contribution in [0.5, 0.6) is 0 Å². The van der Waals surface area contributed by atoms with E-state index in [1.165, 1.54) is 0 Å². The van der Waals surface area contributed by atoms with Gasteiger partial charge in [0.05, 0.1) is 11.6 Å². The van der Waals surface area contributed by atoms with Gasteiger partial charge < -0.3 is 15.1 Å². The Labute approximate surface area is 140 Å². The lowest BCUT2D eigenvalue weighted by Crippen LogP contribution is -2.54. The maximum atomic E-state index is 12.7. The van der Waals surface area contributed by atoms with E-state index in [0.717, 1.165) is 6.41 Å². The molecule has 0 aliphatic carbocycles. The molecule has 1 N–H and O–H groups in total. The quantitative estimate of drug-likeness (QED) is 0.654. The lowest BCUT2D eigenvalue weighted by Gasteiger charge is -2.36. The largest absolute Gasteiger partial charge is 0.342 e. The number of piperazine rings is 1. The second kappa shape index (κ2) is 7.13. The summed E-state index contributed by atoms with van der Waals surface area (Å²) >= 11 is 0. The predicted octanol–water partition coefficient (Wildman–Crippen LogP) is 0.824. The van der Waals surface area contributed by atoms with Crippen LogP contribution in [0.1, 0.15) is 19.4 Å². The summed E-state index contributed by atoms with van der Waals surface area (Å²) in [6.45, 7) is 4.96. The van der Waals surface area contributed by atoms with E-state index in [-0.39, 0.29) is 5.91 Å². The first-order valence-corrected chi connectivity index (χ1v) is 7.69. The number of hydrogen-bond donors (Lipinski definition) is 1. The van der Waals surface area contributed by atoms with E-state index < -0.39 is 11.3 Å². The third-order valence-corrected chi connectivity index (χ3v) is 4.12. The Morgan fingerprint density at radius 1 is 1.17 bits per heavy atom. The highest BCUT2D eigenvalue weighted by atomic mass is 16.2. The van der Waals surface area contributed by atoms with Gasteiger partial charge in [-0.05, 0) is 38.1 Å². The molecule has 0 atom stereocenters. The molecule has 1 aromatic carbocycles. The molecule has 126 valence electrons. The van der Waals surface area contributed by atoms with Crippen molar-refractivity contribution in [2.24, 2.45) is 5.41 Å². The zero-order valence-electron chi connectivity index (χ0n) is 13.8. The van der Waals surface area contributed by atoms with Gasteiger partial charge in [-0.1, -0.05) is 0 Å². The average Bonchev–Trinajstić information content (AvgIpc) is 2.61. The van der Waals surface area contributed by atoms with E-state index in [9.17, 15) is 14.4 Å². The summed E-state index contributed by atoms with van der Waals surface area (Å²) < 4.78 is 0. The standard InChI is InChI=1S/C17H20N4O3/c1-17(2,16(24)21-9-7-20(12-22)8-10-21)15(23)19-14-5-3-13(11-18)4-6-14/h3-6,12H,7-10H2,1-2H3,(H,19,23). The van der Waals surface area contributed by atoms with Gasteiger partial charge in [-0.3, -0.25) is 14.4 Å². The number of hydrogen-bond acceptors (Lipinski definition) is 4. The molecular formula is C17H20N4O3. The van der Waals surface area contributed by atoms with Gasteiger partial charge in [0.2, 0.25) is 18.2 Å². The van der Waals surface area contributed by atoms with Crippen LogP contribution in [0.4, 0.5) is 5.69 Å². The second-order valence-corrected chi connectivity index (χ2v) is 6.20. The Morgan fingerprint density at radius 2 is 1.75 bits per heavy atom. The smallest absolute Gasteiger partial charge is 0.239 e. The number of anilines is 1. The van der Waals surface area contributed by atoms with Crippen LogP contribution in [0.25, 0.3) is 0 Å². The number of nitrogens with zero attached hydrogens (tertiary/aromatic N) is 3. The molecule has 1 fully saturated rings. The fourth-order valence-electron chi connectivity index (χ4n) is 2.44. The number of amides is 3. The SMILES string of the molecule is CC(C)(C(=O)Nc1ccc(C#N)cc1)C(=O)N1CCN(C=O)CC1. The van der Waals surface area contributed by atoms with E-state index in [1.54, 1.807) is 47.9 Å². The van der Waals surface area contributed by atoms with Gasteiger partial charge in [0.25, 0.3) is 0 Å². The molecule has 1 heterocycles. The Morgan fingerprint density at radius 3 is 2.25 bits per heavy atom. The zero-order valence-corrected chi connectivity index (χ0v) is 13.8. The molecule has 0 unspecified atom stereocenters. The minimum Gasteiger partial charge on any atom is -0.342 e. The van der Waals surface area contributed by atoms with Gasteiger partial charge in [-0.25, -0.2) is 0 Å². The summed E-state index contributed by atoms with van der Waals surface area (Å²) in [5.74, 6) is -0.672. The zero-order chi connectivity index (χ0) is 17.7. The van der Waals surface area contributed by atoms with E-state index in [4.69, 9.17) is 5.26 Å². The van der Waals surface area contributed by atoms with Crippen LogP contribution < -0.4 is 5.32 Å². The van der Waals surface area contributed by atoms with E-state index in [0.29, 0.717) is 37.4 Å². The van der Waals surface area contributed by atoms with Gasteiger partial charge in [-0.2, -0.15) is 5.26 Å². The normalized spacial score (nSPS) is 14.7. The summed E-state index contributed by atoms with van der Waals surface area (Å²) in [6, 6.07) is 8.46. The van der Waals surface area contributed by atoms with Gasteiger partial charge in [0, 0.05) is 31.9 Å². The van der Waals surface area contributed by atoms with E-state index in [1.807, 2.05) is 6.07 Å². The van der Waals surface area contributed by atoms with Crippen LogP contribution in [0.2, 0.25) is 0 Å². The molecule has 0 saturated carbocycles. The highest BCUT2D eigenvalue weighted by Gasteiger charge is 2.40. The second-order valence-electron chi connectivity index (χ2n) is 6.20. The van der Waals surface area contributed by atoms with Crippen LogP contribution in [0, 0.1) is 16.7 Å². The van der Waals surface area contributed by atoms with Crippen LogP contribution in [0.15, 0.2) is 24.3 Å². The molecule has 1 saturated heterocycles. The van der Waals surface area contributed by atoms with Crippen molar-refractivity contribution in [1.29, 1.82) is 5.26 Å². The van der Waals surface area contributed by atoms with Crippen molar-refractivity contribution >= 4 is 23.9 Å². The number of carbonyl (C=O) groups excluding carboxylic acids is 3. The first kappa shape index (κ1) is 17.5. The number of rotatable bonds is 4. The number of nitriles is 1. The molecule has 24 heavy (non-hydrogen) atoms. The number of nitrogens with one attached hydrogen (secondary N) is 1. The molecule has 1 aromatic rings. The van der Waals surface area contributed by atoms with E-state index >= 15 is 0 Å². The summed E-state index contributed by atoms with van der Waals surface area (Å²) in [4.78, 5) is 39.1. The van der Waals surface area contributed by atoms with Crippen molar-refractivity contribution in [2.75, 3.05) is 31.5 Å². The number of carbonyl (C=O) groups is 3. The van der Waals surface area contributed by atoms with Crippen molar-refractivity contribution in [3.05, 3.63) is 29.8 Å². The predicted molar refractivity (Wildman–Crippen MR) is 87.8 cm³/mol. The lowest BCUT2D eigenvalue weighted by atomic mass is 9.89. The molecule has 0 radical (unpaired) electrons. The van der Waals surface area contributed by atoms with Gasteiger partial charge in [0.15, 0.2) is 0 Å². The maximum absolute atomic E-state index is 12.7. The van der Waals surface area contributed by atoms with Gasteiger partial charge in [0.1, 0.15) is 5.41 Å². The molecule has 0 bridgehead atoms. The molecule has 0 aromatic heterocycles. The molecular weight excluding hydrogens is 308 g/mol. The highest BCUT2D eigenvalue weighted by molar-refractivity contribution is 6.09. The molecule has 7 heteroatoms. The van der Waals surface area contributed by atoms with Crippen molar-refractivity contribution in [2.45, 2.75) is 13.8 Å². The Balaban J connectivity index is 2.02. The van der Waals surface area contributed by atoms with Crippen molar-refractivity contribution < 1.29 is 14.4 Å². The van der Waals surface area contributed by atoms with E-state index in [2.05, 4.69) is 5.32 Å². The van der Waals surface area contributed by atoms with Gasteiger partial charge >= 0.3 is 0 Å². The monoisotopic (exact) mass is 328 g/mol. The van der Waals surface area contributed by atoms with Crippen molar-refractivity contribution in [3.8, 4) is 6.07 Å². The molecule has 7 nitrogen and oxygen atoms in total. The fraction of sp³-hybridized carbons (Fsp3) is 0.412. The Kier molecular flexibility index (Phi) is 5.19. The minimum absolute atomic E-state index is 0.265. The highest BCUT2D eigenvalue weighted by Crippen LogP contribution is 2.23. The van der Waals surface area contributed by atoms with Crippen molar-refractivity contribution in [3.63, 3.8) is 0 Å².